The minimum atomic E-state index is 0.0986. The van der Waals surface area contributed by atoms with Crippen LogP contribution >= 0.6 is 0 Å². The quantitative estimate of drug-likeness (QED) is 0.736. The number of hydrogen-bond donors (Lipinski definition) is 0. The van der Waals surface area contributed by atoms with E-state index in [1.807, 2.05) is 0 Å². The Hall–Kier alpha value is -0.920. The molecule has 0 saturated heterocycles. The van der Waals surface area contributed by atoms with Crippen molar-refractivity contribution in [1.82, 2.24) is 9.97 Å². The van der Waals surface area contributed by atoms with Crippen LogP contribution in [0.3, 0.4) is 0 Å². The van der Waals surface area contributed by atoms with E-state index in [1.54, 1.807) is 0 Å². The number of hydrogen-bond acceptors (Lipinski definition) is 2. The summed E-state index contributed by atoms with van der Waals surface area (Å²) in [6.07, 6.45) is 3.85. The zero-order chi connectivity index (χ0) is 13.6. The third-order valence-corrected chi connectivity index (χ3v) is 3.75. The van der Waals surface area contributed by atoms with E-state index >= 15 is 0 Å². The maximum Gasteiger partial charge on any atom is 0.131 e. The highest BCUT2D eigenvalue weighted by molar-refractivity contribution is 5.24. The standard InChI is InChI=1S/C16H26N2/c1-15(2,3)12-10-13(16(4,5)6)18-14(17-12)11-8-7-9-11/h10-11H,7-9H2,1-6H3. The van der Waals surface area contributed by atoms with Crippen molar-refractivity contribution in [1.29, 1.82) is 0 Å². The van der Waals surface area contributed by atoms with Crippen molar-refractivity contribution in [3.05, 3.63) is 23.3 Å². The lowest BCUT2D eigenvalue weighted by Crippen LogP contribution is -2.24. The maximum absolute atomic E-state index is 4.83. The molecule has 0 spiro atoms. The molecule has 18 heavy (non-hydrogen) atoms. The molecule has 1 aliphatic rings. The minimum absolute atomic E-state index is 0.0986. The van der Waals surface area contributed by atoms with Gasteiger partial charge in [0.15, 0.2) is 0 Å². The van der Waals surface area contributed by atoms with Gasteiger partial charge in [-0.15, -0.1) is 0 Å². The predicted octanol–water partition coefficient (Wildman–Crippen LogP) is 4.34. The van der Waals surface area contributed by atoms with E-state index in [0.29, 0.717) is 5.92 Å². The molecule has 1 fully saturated rings. The van der Waals surface area contributed by atoms with Crippen molar-refractivity contribution in [3.8, 4) is 0 Å². The Morgan fingerprint density at radius 3 is 1.61 bits per heavy atom. The molecule has 0 aromatic carbocycles. The molecule has 2 rings (SSSR count). The molecule has 1 aliphatic carbocycles. The molecule has 0 radical (unpaired) electrons. The van der Waals surface area contributed by atoms with Crippen LogP contribution in [-0.4, -0.2) is 9.97 Å². The van der Waals surface area contributed by atoms with Crippen LogP contribution in [0.5, 0.6) is 0 Å². The summed E-state index contributed by atoms with van der Waals surface area (Å²) in [4.78, 5) is 9.66. The largest absolute Gasteiger partial charge is 0.237 e. The Bertz CT molecular complexity index is 399. The van der Waals surface area contributed by atoms with Crippen LogP contribution in [0, 0.1) is 0 Å². The Morgan fingerprint density at radius 2 is 1.33 bits per heavy atom. The molecule has 2 heteroatoms. The van der Waals surface area contributed by atoms with Gasteiger partial charge >= 0.3 is 0 Å². The smallest absolute Gasteiger partial charge is 0.131 e. The first-order valence-corrected chi connectivity index (χ1v) is 7.08. The summed E-state index contributed by atoms with van der Waals surface area (Å²) < 4.78 is 0. The summed E-state index contributed by atoms with van der Waals surface area (Å²) in [7, 11) is 0. The van der Waals surface area contributed by atoms with E-state index in [9.17, 15) is 0 Å². The second-order valence-corrected chi connectivity index (χ2v) is 7.62. The molecule has 1 saturated carbocycles. The summed E-state index contributed by atoms with van der Waals surface area (Å²) in [6, 6.07) is 2.20. The second-order valence-electron chi connectivity index (χ2n) is 7.62. The number of rotatable bonds is 1. The summed E-state index contributed by atoms with van der Waals surface area (Å²) in [6.45, 7) is 13.4. The summed E-state index contributed by atoms with van der Waals surface area (Å²) in [5.74, 6) is 1.69. The first-order valence-electron chi connectivity index (χ1n) is 7.08. The van der Waals surface area contributed by atoms with E-state index < -0.39 is 0 Å². The molecule has 1 heterocycles. The first-order chi connectivity index (χ1) is 8.18. The van der Waals surface area contributed by atoms with Crippen LogP contribution in [0.2, 0.25) is 0 Å². The van der Waals surface area contributed by atoms with Crippen LogP contribution in [0.1, 0.15) is 83.9 Å². The van der Waals surface area contributed by atoms with Gasteiger partial charge in [-0.25, -0.2) is 9.97 Å². The molecule has 0 atom stereocenters. The fourth-order valence-electron chi connectivity index (χ4n) is 2.08. The second kappa shape index (κ2) is 4.32. The first kappa shape index (κ1) is 13.5. The maximum atomic E-state index is 4.83. The molecule has 0 unspecified atom stereocenters. The highest BCUT2D eigenvalue weighted by atomic mass is 14.9. The van der Waals surface area contributed by atoms with Gasteiger partial charge in [0.1, 0.15) is 5.82 Å². The lowest BCUT2D eigenvalue weighted by Gasteiger charge is -2.29. The van der Waals surface area contributed by atoms with Crippen LogP contribution in [0.25, 0.3) is 0 Å². The fourth-order valence-corrected chi connectivity index (χ4v) is 2.08. The van der Waals surface area contributed by atoms with Gasteiger partial charge in [0, 0.05) is 28.1 Å². The normalized spacial score (nSPS) is 17.7. The van der Waals surface area contributed by atoms with E-state index in [2.05, 4.69) is 47.6 Å². The molecule has 0 amide bonds. The summed E-state index contributed by atoms with van der Waals surface area (Å²) in [5, 5.41) is 0. The topological polar surface area (TPSA) is 25.8 Å². The third kappa shape index (κ3) is 2.73. The monoisotopic (exact) mass is 246 g/mol. The summed E-state index contributed by atoms with van der Waals surface area (Å²) >= 11 is 0. The van der Waals surface area contributed by atoms with Crippen LogP contribution in [-0.2, 0) is 10.8 Å². The van der Waals surface area contributed by atoms with Gasteiger partial charge in [-0.2, -0.15) is 0 Å². The van der Waals surface area contributed by atoms with Crippen molar-refractivity contribution in [2.75, 3.05) is 0 Å². The Morgan fingerprint density at radius 1 is 0.889 bits per heavy atom. The highest BCUT2D eigenvalue weighted by Crippen LogP contribution is 2.36. The lowest BCUT2D eigenvalue weighted by molar-refractivity contribution is 0.392. The van der Waals surface area contributed by atoms with Gasteiger partial charge in [0.05, 0.1) is 0 Å². The van der Waals surface area contributed by atoms with Crippen LogP contribution in [0.15, 0.2) is 6.07 Å². The zero-order valence-electron chi connectivity index (χ0n) is 12.7. The molecule has 0 bridgehead atoms. The Balaban J connectivity index is 2.48. The number of aromatic nitrogens is 2. The third-order valence-electron chi connectivity index (χ3n) is 3.75. The molecule has 100 valence electrons. The van der Waals surface area contributed by atoms with Crippen molar-refractivity contribution in [2.45, 2.75) is 77.6 Å². The van der Waals surface area contributed by atoms with E-state index in [1.165, 1.54) is 30.7 Å². The van der Waals surface area contributed by atoms with E-state index in [0.717, 1.165) is 5.82 Å². The number of nitrogens with zero attached hydrogens (tertiary/aromatic N) is 2. The van der Waals surface area contributed by atoms with Crippen molar-refractivity contribution < 1.29 is 0 Å². The van der Waals surface area contributed by atoms with Gasteiger partial charge in [-0.1, -0.05) is 48.0 Å². The van der Waals surface area contributed by atoms with Gasteiger partial charge in [-0.05, 0) is 18.9 Å². The average Bonchev–Trinajstić information content (AvgIpc) is 2.11. The molecule has 0 N–H and O–H groups in total. The van der Waals surface area contributed by atoms with Gasteiger partial charge < -0.3 is 0 Å². The lowest BCUT2D eigenvalue weighted by atomic mass is 9.82. The molecular weight excluding hydrogens is 220 g/mol. The van der Waals surface area contributed by atoms with Crippen molar-refractivity contribution >= 4 is 0 Å². The predicted molar refractivity (Wildman–Crippen MR) is 76.0 cm³/mol. The fraction of sp³-hybridized carbons (Fsp3) is 0.750. The SMILES string of the molecule is CC(C)(C)c1cc(C(C)(C)C)nc(C2CCC2)n1. The van der Waals surface area contributed by atoms with E-state index in [4.69, 9.17) is 9.97 Å². The van der Waals surface area contributed by atoms with Gasteiger partial charge in [0.2, 0.25) is 0 Å². The molecule has 2 nitrogen and oxygen atoms in total. The van der Waals surface area contributed by atoms with E-state index in [-0.39, 0.29) is 10.8 Å². The Kier molecular flexibility index (Phi) is 3.25. The molecule has 1 aromatic rings. The summed E-state index contributed by atoms with van der Waals surface area (Å²) in [5.41, 5.74) is 2.57. The van der Waals surface area contributed by atoms with Gasteiger partial charge in [-0.3, -0.25) is 0 Å². The Labute approximate surface area is 111 Å². The minimum Gasteiger partial charge on any atom is -0.237 e. The molecule has 1 aromatic heterocycles. The highest BCUT2D eigenvalue weighted by Gasteiger charge is 2.28. The molecule has 0 aliphatic heterocycles. The van der Waals surface area contributed by atoms with Crippen molar-refractivity contribution in [3.63, 3.8) is 0 Å². The van der Waals surface area contributed by atoms with Gasteiger partial charge in [0.25, 0.3) is 0 Å². The van der Waals surface area contributed by atoms with Crippen LogP contribution < -0.4 is 0 Å². The molecular formula is C16H26N2. The van der Waals surface area contributed by atoms with Crippen LogP contribution in [0.4, 0.5) is 0 Å². The zero-order valence-corrected chi connectivity index (χ0v) is 12.7. The van der Waals surface area contributed by atoms with Crippen molar-refractivity contribution in [2.24, 2.45) is 0 Å². The average molecular weight is 246 g/mol.